The van der Waals surface area contributed by atoms with E-state index in [-0.39, 0.29) is 6.04 Å². The van der Waals surface area contributed by atoms with Gasteiger partial charge in [-0.25, -0.2) is 0 Å². The van der Waals surface area contributed by atoms with Crippen molar-refractivity contribution in [3.8, 4) is 5.75 Å². The average Bonchev–Trinajstić information content (AvgIpc) is 2.79. The molecule has 1 fully saturated rings. The molecule has 0 bridgehead atoms. The van der Waals surface area contributed by atoms with E-state index >= 15 is 0 Å². The van der Waals surface area contributed by atoms with Crippen molar-refractivity contribution in [1.82, 2.24) is 4.90 Å². The first kappa shape index (κ1) is 16.3. The minimum atomic E-state index is -0.436. The molecule has 3 nitrogen and oxygen atoms in total. The molecule has 21 heavy (non-hydrogen) atoms. The lowest BCUT2D eigenvalue weighted by molar-refractivity contribution is 0.0591. The topological polar surface area (TPSA) is 32.7 Å². The highest BCUT2D eigenvalue weighted by molar-refractivity contribution is 5.29. The minimum Gasteiger partial charge on any atom is -0.497 e. The fourth-order valence-electron chi connectivity index (χ4n) is 3.28. The third kappa shape index (κ3) is 4.21. The summed E-state index contributed by atoms with van der Waals surface area (Å²) in [6.45, 7) is 6.63. The Labute approximate surface area is 128 Å². The molecule has 3 heteroatoms. The van der Waals surface area contributed by atoms with Crippen molar-refractivity contribution in [3.63, 3.8) is 0 Å². The molecule has 0 aromatic heterocycles. The molecule has 3 unspecified atom stereocenters. The van der Waals surface area contributed by atoms with E-state index in [4.69, 9.17) is 4.74 Å². The fraction of sp³-hybridized carbons (Fsp3) is 0.667. The lowest BCUT2D eigenvalue weighted by atomic mass is 9.98. The first-order valence-corrected chi connectivity index (χ1v) is 8.21. The number of rotatable bonds is 5. The van der Waals surface area contributed by atoms with Gasteiger partial charge >= 0.3 is 0 Å². The lowest BCUT2D eigenvalue weighted by Crippen LogP contribution is -2.38. The molecule has 0 spiro atoms. The maximum atomic E-state index is 10.6. The maximum Gasteiger partial charge on any atom is 0.118 e. The number of hydrogen-bond donors (Lipinski definition) is 1. The van der Waals surface area contributed by atoms with Gasteiger partial charge in [0.25, 0.3) is 0 Å². The van der Waals surface area contributed by atoms with Gasteiger partial charge in [0, 0.05) is 6.04 Å². The fourth-order valence-corrected chi connectivity index (χ4v) is 3.28. The van der Waals surface area contributed by atoms with E-state index in [2.05, 4.69) is 18.7 Å². The lowest BCUT2D eigenvalue weighted by Gasteiger charge is -2.31. The zero-order chi connectivity index (χ0) is 15.2. The van der Waals surface area contributed by atoms with Crippen LogP contribution in [-0.2, 0) is 0 Å². The van der Waals surface area contributed by atoms with Crippen LogP contribution in [0.5, 0.6) is 5.75 Å². The Morgan fingerprint density at radius 1 is 1.24 bits per heavy atom. The second-order valence-electron chi connectivity index (χ2n) is 6.20. The number of hydrogen-bond acceptors (Lipinski definition) is 3. The molecule has 0 saturated carbocycles. The predicted molar refractivity (Wildman–Crippen MR) is 86.6 cm³/mol. The van der Waals surface area contributed by atoms with Crippen LogP contribution in [0.4, 0.5) is 0 Å². The van der Waals surface area contributed by atoms with Crippen molar-refractivity contribution in [1.29, 1.82) is 0 Å². The third-order valence-corrected chi connectivity index (χ3v) is 4.95. The number of nitrogens with zero attached hydrogens (tertiary/aromatic N) is 1. The van der Waals surface area contributed by atoms with E-state index in [0.717, 1.165) is 30.3 Å². The molecule has 1 aliphatic rings. The summed E-state index contributed by atoms with van der Waals surface area (Å²) in [6, 6.07) is 7.93. The van der Waals surface area contributed by atoms with Gasteiger partial charge < -0.3 is 9.84 Å². The number of ether oxygens (including phenoxy) is 1. The predicted octanol–water partition coefficient (Wildman–Crippen LogP) is 3.63. The number of methoxy groups -OCH3 is 1. The van der Waals surface area contributed by atoms with E-state index in [1.54, 1.807) is 7.11 Å². The second-order valence-corrected chi connectivity index (χ2v) is 6.20. The number of likely N-dealkylation sites (tertiary alicyclic amines) is 1. The van der Waals surface area contributed by atoms with Crippen LogP contribution < -0.4 is 4.74 Å². The monoisotopic (exact) mass is 291 g/mol. The molecule has 1 saturated heterocycles. The molecular formula is C18H29NO2. The van der Waals surface area contributed by atoms with Crippen LogP contribution >= 0.6 is 0 Å². The van der Waals surface area contributed by atoms with Crippen molar-refractivity contribution in [2.24, 2.45) is 5.92 Å². The number of aliphatic hydroxyl groups is 1. The Morgan fingerprint density at radius 3 is 2.57 bits per heavy atom. The molecule has 0 radical (unpaired) electrons. The first-order valence-electron chi connectivity index (χ1n) is 8.21. The molecule has 1 aromatic carbocycles. The molecule has 118 valence electrons. The Bertz CT molecular complexity index is 418. The molecule has 3 atom stereocenters. The van der Waals surface area contributed by atoms with Gasteiger partial charge in [-0.2, -0.15) is 0 Å². The highest BCUT2D eigenvalue weighted by Crippen LogP contribution is 2.27. The van der Waals surface area contributed by atoms with E-state index in [1.165, 1.54) is 25.7 Å². The molecule has 1 aliphatic heterocycles. The largest absolute Gasteiger partial charge is 0.497 e. The zero-order valence-electron chi connectivity index (χ0n) is 13.6. The van der Waals surface area contributed by atoms with Gasteiger partial charge in [0.1, 0.15) is 5.75 Å². The highest BCUT2D eigenvalue weighted by atomic mass is 16.5. The third-order valence-electron chi connectivity index (χ3n) is 4.95. The van der Waals surface area contributed by atoms with E-state index in [1.807, 2.05) is 24.3 Å². The average molecular weight is 291 g/mol. The summed E-state index contributed by atoms with van der Waals surface area (Å²) in [4.78, 5) is 2.45. The summed E-state index contributed by atoms with van der Waals surface area (Å²) >= 11 is 0. The second kappa shape index (κ2) is 7.81. The van der Waals surface area contributed by atoms with Crippen LogP contribution in [0.15, 0.2) is 24.3 Å². The van der Waals surface area contributed by atoms with E-state index in [0.29, 0.717) is 0 Å². The van der Waals surface area contributed by atoms with Crippen LogP contribution in [0.3, 0.4) is 0 Å². The van der Waals surface area contributed by atoms with Gasteiger partial charge in [-0.1, -0.05) is 25.5 Å². The van der Waals surface area contributed by atoms with Gasteiger partial charge in [-0.3, -0.25) is 4.90 Å². The standard InChI is InChI=1S/C18H29NO2/c1-4-15-6-5-12-19(13-11-15)14(2)18(20)16-7-9-17(21-3)10-8-16/h7-10,14-15,18,20H,4-6,11-13H2,1-3H3. The molecule has 1 N–H and O–H groups in total. The van der Waals surface area contributed by atoms with Crippen LogP contribution in [-0.4, -0.2) is 36.2 Å². The summed E-state index contributed by atoms with van der Waals surface area (Å²) in [7, 11) is 1.66. The van der Waals surface area contributed by atoms with Crippen LogP contribution in [0.25, 0.3) is 0 Å². The Morgan fingerprint density at radius 2 is 1.95 bits per heavy atom. The van der Waals surface area contributed by atoms with Crippen LogP contribution in [0, 0.1) is 5.92 Å². The minimum absolute atomic E-state index is 0.161. The SMILES string of the molecule is CCC1CCCN(C(C)C(O)c2ccc(OC)cc2)CC1. The van der Waals surface area contributed by atoms with Crippen molar-refractivity contribution >= 4 is 0 Å². The van der Waals surface area contributed by atoms with Gasteiger partial charge in [0.2, 0.25) is 0 Å². The summed E-state index contributed by atoms with van der Waals surface area (Å²) in [5, 5.41) is 10.6. The molecule has 2 rings (SSSR count). The zero-order valence-corrected chi connectivity index (χ0v) is 13.6. The van der Waals surface area contributed by atoms with Crippen molar-refractivity contribution < 1.29 is 9.84 Å². The smallest absolute Gasteiger partial charge is 0.118 e. The van der Waals surface area contributed by atoms with Crippen LogP contribution in [0.1, 0.15) is 51.2 Å². The Hall–Kier alpha value is -1.06. The summed E-state index contributed by atoms with van der Waals surface area (Å²) in [5.41, 5.74) is 0.972. The quantitative estimate of drug-likeness (QED) is 0.899. The van der Waals surface area contributed by atoms with Crippen LogP contribution in [0.2, 0.25) is 0 Å². The number of benzene rings is 1. The van der Waals surface area contributed by atoms with Gasteiger partial charge in [0.15, 0.2) is 0 Å². The first-order chi connectivity index (χ1) is 10.2. The summed E-state index contributed by atoms with van der Waals surface area (Å²) < 4.78 is 5.17. The molecule has 1 aromatic rings. The molecule has 1 heterocycles. The molecular weight excluding hydrogens is 262 g/mol. The van der Waals surface area contributed by atoms with E-state index in [9.17, 15) is 5.11 Å². The molecule has 0 aliphatic carbocycles. The highest BCUT2D eigenvalue weighted by Gasteiger charge is 2.25. The normalized spacial score (nSPS) is 23.3. The van der Waals surface area contributed by atoms with Crippen molar-refractivity contribution in [3.05, 3.63) is 29.8 Å². The Kier molecular flexibility index (Phi) is 6.07. The van der Waals surface area contributed by atoms with Gasteiger partial charge in [0.05, 0.1) is 13.2 Å². The number of aliphatic hydroxyl groups excluding tert-OH is 1. The van der Waals surface area contributed by atoms with E-state index < -0.39 is 6.10 Å². The Balaban J connectivity index is 1.98. The summed E-state index contributed by atoms with van der Waals surface area (Å²) in [6.07, 6.45) is 4.68. The van der Waals surface area contributed by atoms with Crippen molar-refractivity contribution in [2.75, 3.05) is 20.2 Å². The summed E-state index contributed by atoms with van der Waals surface area (Å²) in [5.74, 6) is 1.69. The maximum absolute atomic E-state index is 10.6. The molecule has 0 amide bonds. The van der Waals surface area contributed by atoms with Crippen molar-refractivity contribution in [2.45, 2.75) is 51.7 Å². The van der Waals surface area contributed by atoms with Gasteiger partial charge in [-0.15, -0.1) is 0 Å². The van der Waals surface area contributed by atoms with Gasteiger partial charge in [-0.05, 0) is 62.9 Å².